The highest BCUT2D eigenvalue weighted by atomic mass is 16.6. The minimum absolute atomic E-state index is 0.0606. The van der Waals surface area contributed by atoms with Crippen LogP contribution in [-0.4, -0.2) is 11.1 Å². The quantitative estimate of drug-likeness (QED) is 0.469. The molecule has 0 atom stereocenters. The minimum atomic E-state index is -0.430. The van der Waals surface area contributed by atoms with Gasteiger partial charge in [-0.15, -0.1) is 0 Å². The number of hydrogen-bond acceptors (Lipinski definition) is 3. The smallest absolute Gasteiger partial charge is 0.258 e. The van der Waals surface area contributed by atoms with E-state index in [2.05, 4.69) is 11.6 Å². The lowest BCUT2D eigenvalue weighted by atomic mass is 10.1. The van der Waals surface area contributed by atoms with E-state index in [1.54, 1.807) is 24.4 Å². The predicted octanol–water partition coefficient (Wildman–Crippen LogP) is 3.99. The monoisotopic (exact) mass is 252 g/mol. The third-order valence-electron chi connectivity index (χ3n) is 2.63. The first-order chi connectivity index (χ1) is 9.20. The Balaban J connectivity index is 2.22. The largest absolute Gasteiger partial charge is 0.269 e. The molecule has 2 rings (SSSR count). The molecule has 0 aromatic heterocycles. The van der Waals surface area contributed by atoms with Crippen molar-refractivity contribution in [1.82, 2.24) is 0 Å². The van der Waals surface area contributed by atoms with Crippen molar-refractivity contribution >= 4 is 23.7 Å². The van der Waals surface area contributed by atoms with Gasteiger partial charge in [-0.05, 0) is 23.3 Å². The molecule has 0 spiro atoms. The van der Waals surface area contributed by atoms with Gasteiger partial charge in [-0.3, -0.25) is 15.1 Å². The van der Waals surface area contributed by atoms with Crippen molar-refractivity contribution in [2.24, 2.45) is 4.99 Å². The highest BCUT2D eigenvalue weighted by Gasteiger charge is 2.02. The van der Waals surface area contributed by atoms with E-state index in [4.69, 9.17) is 0 Å². The number of nitro benzene ring substituents is 1. The summed E-state index contributed by atoms with van der Waals surface area (Å²) in [7, 11) is 0. The normalized spacial score (nSPS) is 10.5. The summed E-state index contributed by atoms with van der Waals surface area (Å²) >= 11 is 0. The van der Waals surface area contributed by atoms with Gasteiger partial charge in [-0.25, -0.2) is 0 Å². The summed E-state index contributed by atoms with van der Waals surface area (Å²) in [5.41, 5.74) is 2.68. The zero-order valence-electron chi connectivity index (χ0n) is 10.2. The van der Waals surface area contributed by atoms with E-state index in [-0.39, 0.29) is 5.69 Å². The summed E-state index contributed by atoms with van der Waals surface area (Å²) in [4.78, 5) is 14.4. The van der Waals surface area contributed by atoms with E-state index in [1.165, 1.54) is 12.1 Å². The van der Waals surface area contributed by atoms with Gasteiger partial charge in [0, 0.05) is 18.3 Å². The lowest BCUT2D eigenvalue weighted by Gasteiger charge is -1.99. The van der Waals surface area contributed by atoms with E-state index in [1.807, 2.05) is 24.3 Å². The second kappa shape index (κ2) is 5.73. The first-order valence-corrected chi connectivity index (χ1v) is 5.70. The van der Waals surface area contributed by atoms with Crippen molar-refractivity contribution in [2.75, 3.05) is 0 Å². The third kappa shape index (κ3) is 3.13. The van der Waals surface area contributed by atoms with Gasteiger partial charge in [0.1, 0.15) is 0 Å². The molecule has 0 heterocycles. The predicted molar refractivity (Wildman–Crippen MR) is 76.9 cm³/mol. The van der Waals surface area contributed by atoms with Crippen molar-refractivity contribution in [3.8, 4) is 0 Å². The molecule has 0 aliphatic heterocycles. The Morgan fingerprint density at radius 2 is 1.68 bits per heavy atom. The van der Waals surface area contributed by atoms with Gasteiger partial charge in [0.2, 0.25) is 0 Å². The van der Waals surface area contributed by atoms with Crippen molar-refractivity contribution in [3.05, 3.63) is 76.4 Å². The maximum atomic E-state index is 10.5. The lowest BCUT2D eigenvalue weighted by Crippen LogP contribution is -1.87. The van der Waals surface area contributed by atoms with Crippen molar-refractivity contribution in [3.63, 3.8) is 0 Å². The van der Waals surface area contributed by atoms with Crippen LogP contribution in [0.1, 0.15) is 11.1 Å². The van der Waals surface area contributed by atoms with E-state index in [0.717, 1.165) is 11.1 Å². The first-order valence-electron chi connectivity index (χ1n) is 5.70. The number of aliphatic imine (C=N–C) groups is 1. The average Bonchev–Trinajstić information content (AvgIpc) is 2.45. The van der Waals surface area contributed by atoms with Crippen LogP contribution in [0.2, 0.25) is 0 Å². The number of non-ortho nitro benzene ring substituents is 1. The van der Waals surface area contributed by atoms with Crippen LogP contribution in [0.15, 0.2) is 60.1 Å². The van der Waals surface area contributed by atoms with Gasteiger partial charge in [0.25, 0.3) is 5.69 Å². The Hall–Kier alpha value is -2.75. The summed E-state index contributed by atoms with van der Waals surface area (Å²) in [6.07, 6.45) is 3.48. The Morgan fingerprint density at radius 3 is 2.26 bits per heavy atom. The van der Waals surface area contributed by atoms with Gasteiger partial charge < -0.3 is 0 Å². The topological polar surface area (TPSA) is 55.5 Å². The molecule has 2 aromatic carbocycles. The molecule has 4 nitrogen and oxygen atoms in total. The third-order valence-corrected chi connectivity index (χ3v) is 2.63. The maximum absolute atomic E-state index is 10.5. The molecule has 0 bridgehead atoms. The van der Waals surface area contributed by atoms with Gasteiger partial charge in [0.15, 0.2) is 0 Å². The Bertz CT molecular complexity index is 631. The number of rotatable bonds is 4. The molecule has 0 saturated carbocycles. The second-order valence-electron chi connectivity index (χ2n) is 3.86. The molecule has 0 radical (unpaired) electrons. The molecule has 0 aliphatic carbocycles. The zero-order chi connectivity index (χ0) is 13.7. The summed E-state index contributed by atoms with van der Waals surface area (Å²) in [5.74, 6) is 0. The molecule has 0 fully saturated rings. The lowest BCUT2D eigenvalue weighted by molar-refractivity contribution is -0.384. The van der Waals surface area contributed by atoms with Crippen LogP contribution in [0, 0.1) is 10.1 Å². The van der Waals surface area contributed by atoms with Crippen LogP contribution in [-0.2, 0) is 0 Å². The first kappa shape index (κ1) is 12.7. The summed E-state index contributed by atoms with van der Waals surface area (Å²) < 4.78 is 0. The SMILES string of the molecule is C=Cc1ccccc1/C=N\c1ccc([N+](=O)[O-])cc1. The molecule has 0 saturated heterocycles. The fourth-order valence-corrected chi connectivity index (χ4v) is 1.62. The molecule has 0 N–H and O–H groups in total. The molecule has 0 unspecified atom stereocenters. The highest BCUT2D eigenvalue weighted by Crippen LogP contribution is 2.18. The van der Waals surface area contributed by atoms with E-state index in [9.17, 15) is 10.1 Å². The van der Waals surface area contributed by atoms with Crippen LogP contribution in [0.25, 0.3) is 6.08 Å². The maximum Gasteiger partial charge on any atom is 0.269 e. The molecular weight excluding hydrogens is 240 g/mol. The van der Waals surface area contributed by atoms with Gasteiger partial charge in [-0.2, -0.15) is 0 Å². The molecule has 94 valence electrons. The van der Waals surface area contributed by atoms with Crippen LogP contribution in [0.3, 0.4) is 0 Å². The van der Waals surface area contributed by atoms with Crippen LogP contribution in [0.4, 0.5) is 11.4 Å². The fourth-order valence-electron chi connectivity index (χ4n) is 1.62. The number of nitrogens with zero attached hydrogens (tertiary/aromatic N) is 2. The van der Waals surface area contributed by atoms with Crippen molar-refractivity contribution in [2.45, 2.75) is 0 Å². The molecule has 19 heavy (non-hydrogen) atoms. The average molecular weight is 252 g/mol. The van der Waals surface area contributed by atoms with E-state index < -0.39 is 4.92 Å². The van der Waals surface area contributed by atoms with Crippen LogP contribution < -0.4 is 0 Å². The fraction of sp³-hybridized carbons (Fsp3) is 0. The Kier molecular flexibility index (Phi) is 3.83. The molecule has 0 aliphatic rings. The standard InChI is InChI=1S/C15H12N2O2/c1-2-12-5-3-4-6-13(12)11-16-14-7-9-15(10-8-14)17(18)19/h2-11H,1H2/b16-11-. The Labute approximate surface area is 110 Å². The summed E-state index contributed by atoms with van der Waals surface area (Å²) in [6.45, 7) is 3.74. The van der Waals surface area contributed by atoms with E-state index in [0.29, 0.717) is 5.69 Å². The number of hydrogen-bond donors (Lipinski definition) is 0. The van der Waals surface area contributed by atoms with Gasteiger partial charge in [-0.1, -0.05) is 36.9 Å². The Morgan fingerprint density at radius 1 is 1.05 bits per heavy atom. The van der Waals surface area contributed by atoms with Crippen LogP contribution >= 0.6 is 0 Å². The summed E-state index contributed by atoms with van der Waals surface area (Å²) in [6, 6.07) is 13.8. The molecule has 4 heteroatoms. The van der Waals surface area contributed by atoms with Crippen LogP contribution in [0.5, 0.6) is 0 Å². The zero-order valence-corrected chi connectivity index (χ0v) is 10.2. The summed E-state index contributed by atoms with van der Waals surface area (Å²) in [5, 5.41) is 10.5. The number of benzene rings is 2. The van der Waals surface area contributed by atoms with Gasteiger partial charge >= 0.3 is 0 Å². The molecular formula is C15H12N2O2. The van der Waals surface area contributed by atoms with Crippen molar-refractivity contribution < 1.29 is 4.92 Å². The van der Waals surface area contributed by atoms with Gasteiger partial charge in [0.05, 0.1) is 10.6 Å². The van der Waals surface area contributed by atoms with Crippen molar-refractivity contribution in [1.29, 1.82) is 0 Å². The minimum Gasteiger partial charge on any atom is -0.258 e. The molecule has 2 aromatic rings. The highest BCUT2D eigenvalue weighted by molar-refractivity contribution is 5.86. The second-order valence-corrected chi connectivity index (χ2v) is 3.86. The van der Waals surface area contributed by atoms with E-state index >= 15 is 0 Å². The molecule has 0 amide bonds. The number of nitro groups is 1.